The van der Waals surface area contributed by atoms with Crippen LogP contribution in [0.2, 0.25) is 0 Å². The van der Waals surface area contributed by atoms with Gasteiger partial charge < -0.3 is 20.4 Å². The van der Waals surface area contributed by atoms with Gasteiger partial charge in [-0.1, -0.05) is 34.6 Å². The third kappa shape index (κ3) is 10.1. The molecule has 0 bridgehead atoms. The Kier molecular flexibility index (Phi) is 10.9. The largest absolute Gasteiger partial charge is 0.490 e. The molecule has 0 heterocycles. The Hall–Kier alpha value is -2.78. The van der Waals surface area contributed by atoms with Gasteiger partial charge in [0.15, 0.2) is 0 Å². The highest BCUT2D eigenvalue weighted by atomic mass is 19.4. The third-order valence-corrected chi connectivity index (χ3v) is 3.59. The first-order valence-corrected chi connectivity index (χ1v) is 9.41. The SMILES string of the molecule is CCC(=O)Nc1ccc(N(CC(C)C)CC(C)C)c(C(=O)O)c1.O=C(O)C(F)(F)F. The molecular formula is C20H29F3N2O5. The lowest BCUT2D eigenvalue weighted by molar-refractivity contribution is -0.192. The van der Waals surface area contributed by atoms with Crippen molar-refractivity contribution in [1.82, 2.24) is 0 Å². The number of aliphatic carboxylic acids is 1. The van der Waals surface area contributed by atoms with Gasteiger partial charge in [-0.15, -0.1) is 0 Å². The highest BCUT2D eigenvalue weighted by molar-refractivity contribution is 5.98. The lowest BCUT2D eigenvalue weighted by Gasteiger charge is -2.30. The van der Waals surface area contributed by atoms with Crippen LogP contribution in [0.1, 0.15) is 51.4 Å². The normalized spacial score (nSPS) is 11.0. The maximum absolute atomic E-state index is 11.7. The van der Waals surface area contributed by atoms with Crippen LogP contribution in [-0.2, 0) is 9.59 Å². The minimum Gasteiger partial charge on any atom is -0.478 e. The van der Waals surface area contributed by atoms with E-state index in [1.807, 2.05) is 0 Å². The minimum atomic E-state index is -5.08. The average Bonchev–Trinajstić information content (AvgIpc) is 2.59. The summed E-state index contributed by atoms with van der Waals surface area (Å²) in [6, 6.07) is 5.10. The second kappa shape index (κ2) is 12.0. The Labute approximate surface area is 173 Å². The number of alkyl halides is 3. The van der Waals surface area contributed by atoms with E-state index in [-0.39, 0.29) is 11.5 Å². The Morgan fingerprint density at radius 1 is 1.03 bits per heavy atom. The molecule has 0 aliphatic heterocycles. The van der Waals surface area contributed by atoms with Crippen molar-refractivity contribution in [2.45, 2.75) is 47.2 Å². The summed E-state index contributed by atoms with van der Waals surface area (Å²) in [5, 5.41) is 19.4. The lowest BCUT2D eigenvalue weighted by atomic mass is 10.1. The van der Waals surface area contributed by atoms with Crippen molar-refractivity contribution in [3.05, 3.63) is 23.8 Å². The Morgan fingerprint density at radius 2 is 1.50 bits per heavy atom. The third-order valence-electron chi connectivity index (χ3n) is 3.59. The molecule has 0 fully saturated rings. The number of carboxylic acids is 2. The summed E-state index contributed by atoms with van der Waals surface area (Å²) in [7, 11) is 0. The molecule has 3 N–H and O–H groups in total. The summed E-state index contributed by atoms with van der Waals surface area (Å²) in [4.78, 5) is 34.2. The summed E-state index contributed by atoms with van der Waals surface area (Å²) in [6.45, 7) is 11.8. The fourth-order valence-corrected chi connectivity index (χ4v) is 2.46. The highest BCUT2D eigenvalue weighted by Gasteiger charge is 2.38. The predicted molar refractivity (Wildman–Crippen MR) is 108 cm³/mol. The summed E-state index contributed by atoms with van der Waals surface area (Å²) in [5.41, 5.74) is 1.45. The molecule has 0 aliphatic rings. The molecule has 0 spiro atoms. The van der Waals surface area contributed by atoms with Crippen LogP contribution < -0.4 is 10.2 Å². The second-order valence-corrected chi connectivity index (χ2v) is 7.43. The molecular weight excluding hydrogens is 405 g/mol. The van der Waals surface area contributed by atoms with E-state index in [4.69, 9.17) is 9.90 Å². The number of carboxylic acid groups (broad SMARTS) is 2. The van der Waals surface area contributed by atoms with Gasteiger partial charge in [0.1, 0.15) is 0 Å². The number of carbonyl (C=O) groups is 3. The second-order valence-electron chi connectivity index (χ2n) is 7.43. The van der Waals surface area contributed by atoms with Gasteiger partial charge >= 0.3 is 18.1 Å². The number of anilines is 2. The maximum Gasteiger partial charge on any atom is 0.490 e. The number of aromatic carboxylic acids is 1. The monoisotopic (exact) mass is 434 g/mol. The summed E-state index contributed by atoms with van der Waals surface area (Å²) >= 11 is 0. The molecule has 0 saturated carbocycles. The molecule has 0 saturated heterocycles. The van der Waals surface area contributed by atoms with Gasteiger partial charge in [0.05, 0.1) is 11.3 Å². The molecule has 1 aromatic carbocycles. The zero-order valence-electron chi connectivity index (χ0n) is 17.7. The molecule has 1 aromatic rings. The molecule has 1 rings (SSSR count). The number of benzene rings is 1. The summed E-state index contributed by atoms with van der Waals surface area (Å²) < 4.78 is 31.7. The first kappa shape index (κ1) is 27.2. The molecule has 30 heavy (non-hydrogen) atoms. The van der Waals surface area contributed by atoms with Crippen molar-refractivity contribution in [3.63, 3.8) is 0 Å². The van der Waals surface area contributed by atoms with E-state index in [9.17, 15) is 27.9 Å². The highest BCUT2D eigenvalue weighted by Crippen LogP contribution is 2.26. The fourth-order valence-electron chi connectivity index (χ4n) is 2.46. The first-order valence-electron chi connectivity index (χ1n) is 9.41. The number of carbonyl (C=O) groups excluding carboxylic acids is 1. The van der Waals surface area contributed by atoms with Gasteiger partial charge in [-0.3, -0.25) is 4.79 Å². The van der Waals surface area contributed by atoms with Crippen LogP contribution in [0.3, 0.4) is 0 Å². The van der Waals surface area contributed by atoms with E-state index in [0.717, 1.165) is 13.1 Å². The van der Waals surface area contributed by atoms with Crippen LogP contribution >= 0.6 is 0 Å². The quantitative estimate of drug-likeness (QED) is 0.557. The molecule has 0 atom stereocenters. The smallest absolute Gasteiger partial charge is 0.478 e. The van der Waals surface area contributed by atoms with E-state index in [0.29, 0.717) is 29.6 Å². The summed E-state index contributed by atoms with van der Waals surface area (Å²) in [5.74, 6) is -3.02. The van der Waals surface area contributed by atoms with Crippen LogP contribution in [0, 0.1) is 11.8 Å². The van der Waals surface area contributed by atoms with E-state index < -0.39 is 18.1 Å². The van der Waals surface area contributed by atoms with Crippen LogP contribution in [0.15, 0.2) is 18.2 Å². The predicted octanol–water partition coefficient (Wildman–Crippen LogP) is 4.49. The molecule has 0 aromatic heterocycles. The average molecular weight is 434 g/mol. The number of hydrogen-bond acceptors (Lipinski definition) is 4. The zero-order chi connectivity index (χ0) is 23.6. The van der Waals surface area contributed by atoms with Crippen molar-refractivity contribution in [1.29, 1.82) is 0 Å². The van der Waals surface area contributed by atoms with Crippen LogP contribution in [0.25, 0.3) is 0 Å². The van der Waals surface area contributed by atoms with E-state index >= 15 is 0 Å². The van der Waals surface area contributed by atoms with E-state index in [1.165, 1.54) is 0 Å². The van der Waals surface area contributed by atoms with E-state index in [2.05, 4.69) is 37.9 Å². The number of hydrogen-bond donors (Lipinski definition) is 3. The minimum absolute atomic E-state index is 0.129. The number of nitrogens with zero attached hydrogens (tertiary/aromatic N) is 1. The van der Waals surface area contributed by atoms with Gasteiger partial charge in [-0.2, -0.15) is 13.2 Å². The van der Waals surface area contributed by atoms with Crippen molar-refractivity contribution in [2.75, 3.05) is 23.3 Å². The van der Waals surface area contributed by atoms with Gasteiger partial charge in [-0.25, -0.2) is 9.59 Å². The van der Waals surface area contributed by atoms with Gasteiger partial charge in [-0.05, 0) is 30.0 Å². The molecule has 0 unspecified atom stereocenters. The van der Waals surface area contributed by atoms with Gasteiger partial charge in [0.2, 0.25) is 5.91 Å². The lowest BCUT2D eigenvalue weighted by Crippen LogP contribution is -2.32. The Morgan fingerprint density at radius 3 is 1.83 bits per heavy atom. The van der Waals surface area contributed by atoms with Crippen LogP contribution in [0.4, 0.5) is 24.5 Å². The number of nitrogens with one attached hydrogen (secondary N) is 1. The van der Waals surface area contributed by atoms with Crippen molar-refractivity contribution in [2.24, 2.45) is 11.8 Å². The first-order chi connectivity index (χ1) is 13.7. The molecule has 1 amide bonds. The molecule has 0 aliphatic carbocycles. The maximum atomic E-state index is 11.7. The van der Waals surface area contributed by atoms with Gasteiger partial charge in [0.25, 0.3) is 0 Å². The van der Waals surface area contributed by atoms with Crippen molar-refractivity contribution >= 4 is 29.2 Å². The standard InChI is InChI=1S/C18H28N2O3.C2HF3O2/c1-6-17(21)19-14-7-8-16(15(9-14)18(22)23)20(10-12(2)3)11-13(4)5;3-2(4,5)1(6)7/h7-9,12-13H,6,10-11H2,1-5H3,(H,19,21)(H,22,23);(H,6,7). The van der Waals surface area contributed by atoms with Gasteiger partial charge in [0, 0.05) is 25.2 Å². The van der Waals surface area contributed by atoms with Crippen molar-refractivity contribution in [3.8, 4) is 0 Å². The molecule has 0 radical (unpaired) electrons. The number of halogens is 3. The van der Waals surface area contributed by atoms with Crippen molar-refractivity contribution < 1.29 is 37.8 Å². The van der Waals surface area contributed by atoms with Crippen LogP contribution in [0.5, 0.6) is 0 Å². The van der Waals surface area contributed by atoms with E-state index in [1.54, 1.807) is 25.1 Å². The number of amides is 1. The summed E-state index contributed by atoms with van der Waals surface area (Å²) in [6.07, 6.45) is -4.73. The molecule has 7 nitrogen and oxygen atoms in total. The molecule has 10 heteroatoms. The Bertz CT molecular complexity index is 724. The Balaban J connectivity index is 0.00000103. The molecule has 170 valence electrons. The fraction of sp³-hybridized carbons (Fsp3) is 0.550. The van der Waals surface area contributed by atoms with Crippen LogP contribution in [-0.4, -0.2) is 47.3 Å². The zero-order valence-corrected chi connectivity index (χ0v) is 17.7. The topological polar surface area (TPSA) is 107 Å². The number of rotatable bonds is 8.